The second-order valence-corrected chi connectivity index (χ2v) is 6.11. The molecule has 4 fully saturated rings. The fourth-order valence-corrected chi connectivity index (χ4v) is 4.67. The van der Waals surface area contributed by atoms with Gasteiger partial charge < -0.3 is 4.74 Å². The molecule has 0 N–H and O–H groups in total. The lowest BCUT2D eigenvalue weighted by atomic mass is 9.52. The zero-order valence-corrected chi connectivity index (χ0v) is 10.3. The summed E-state index contributed by atoms with van der Waals surface area (Å²) >= 11 is 0. The molecule has 0 aromatic carbocycles. The van der Waals surface area contributed by atoms with Gasteiger partial charge in [-0.3, -0.25) is 0 Å². The molecular formula is C15H21NO. The number of nitriles is 1. The Balaban J connectivity index is 1.55. The molecule has 4 rings (SSSR count). The molecule has 17 heavy (non-hydrogen) atoms. The van der Waals surface area contributed by atoms with E-state index in [1.165, 1.54) is 32.1 Å². The van der Waals surface area contributed by atoms with E-state index in [0.29, 0.717) is 6.61 Å². The van der Waals surface area contributed by atoms with Crippen molar-refractivity contribution in [2.24, 2.45) is 29.6 Å². The first kappa shape index (κ1) is 11.3. The first-order valence-corrected chi connectivity index (χ1v) is 6.98. The molecule has 0 heterocycles. The molecule has 4 bridgehead atoms. The predicted molar refractivity (Wildman–Crippen MR) is 66.1 cm³/mol. The fraction of sp³-hybridized carbons (Fsp3) is 0.800. The van der Waals surface area contributed by atoms with Crippen molar-refractivity contribution in [1.29, 1.82) is 5.26 Å². The van der Waals surface area contributed by atoms with Crippen LogP contribution in [0.2, 0.25) is 0 Å². The summed E-state index contributed by atoms with van der Waals surface area (Å²) in [6, 6.07) is 2.00. The van der Waals surface area contributed by atoms with Crippen LogP contribution in [0.4, 0.5) is 0 Å². The monoisotopic (exact) mass is 231 g/mol. The van der Waals surface area contributed by atoms with E-state index in [1.807, 2.05) is 6.07 Å². The van der Waals surface area contributed by atoms with Crippen LogP contribution in [-0.2, 0) is 4.74 Å². The van der Waals surface area contributed by atoms with E-state index in [4.69, 9.17) is 10.00 Å². The van der Waals surface area contributed by atoms with Gasteiger partial charge in [0.15, 0.2) is 0 Å². The van der Waals surface area contributed by atoms with Crippen LogP contribution in [0.1, 0.15) is 32.1 Å². The van der Waals surface area contributed by atoms with E-state index in [1.54, 1.807) is 0 Å². The molecule has 0 aliphatic heterocycles. The third kappa shape index (κ3) is 2.26. The van der Waals surface area contributed by atoms with Crippen LogP contribution < -0.4 is 0 Å². The number of rotatable bonds is 4. The Hall–Kier alpha value is -0.810. The summed E-state index contributed by atoms with van der Waals surface area (Å²) in [5.74, 6) is 4.83. The third-order valence-electron chi connectivity index (χ3n) is 5.04. The van der Waals surface area contributed by atoms with E-state index in [-0.39, 0.29) is 6.61 Å². The molecule has 4 aliphatic carbocycles. The van der Waals surface area contributed by atoms with E-state index >= 15 is 0 Å². The molecule has 0 unspecified atom stereocenters. The van der Waals surface area contributed by atoms with Gasteiger partial charge in [-0.25, -0.2) is 0 Å². The van der Waals surface area contributed by atoms with Crippen LogP contribution in [0, 0.1) is 40.9 Å². The van der Waals surface area contributed by atoms with Gasteiger partial charge in [0.1, 0.15) is 6.61 Å². The Bertz CT molecular complexity index is 313. The number of allylic oxidation sites excluding steroid dienone is 1. The van der Waals surface area contributed by atoms with Crippen molar-refractivity contribution in [2.75, 3.05) is 13.2 Å². The van der Waals surface area contributed by atoms with Crippen molar-refractivity contribution in [1.82, 2.24) is 0 Å². The fourth-order valence-electron chi connectivity index (χ4n) is 4.67. The average Bonchev–Trinajstić information content (AvgIpc) is 2.31. The first-order chi connectivity index (χ1) is 8.36. The topological polar surface area (TPSA) is 33.0 Å². The first-order valence-electron chi connectivity index (χ1n) is 6.98. The highest BCUT2D eigenvalue weighted by molar-refractivity contribution is 5.05. The van der Waals surface area contributed by atoms with Gasteiger partial charge in [0, 0.05) is 0 Å². The largest absolute Gasteiger partial charge is 0.362 e. The van der Waals surface area contributed by atoms with E-state index in [0.717, 1.165) is 29.6 Å². The Labute approximate surface area is 104 Å². The number of hydrogen-bond donors (Lipinski definition) is 0. The van der Waals surface area contributed by atoms with Crippen LogP contribution in [0.5, 0.6) is 0 Å². The Kier molecular flexibility index (Phi) is 3.20. The molecule has 4 saturated carbocycles. The molecule has 92 valence electrons. The molecule has 0 aromatic rings. The van der Waals surface area contributed by atoms with Gasteiger partial charge in [-0.15, -0.1) is 0 Å². The summed E-state index contributed by atoms with van der Waals surface area (Å²) in [6.07, 6.45) is 12.0. The van der Waals surface area contributed by atoms with Crippen LogP contribution >= 0.6 is 0 Å². The zero-order chi connectivity index (χ0) is 11.7. The summed E-state index contributed by atoms with van der Waals surface area (Å²) < 4.78 is 5.18. The normalized spacial score (nSPS) is 43.1. The van der Waals surface area contributed by atoms with Crippen molar-refractivity contribution in [3.63, 3.8) is 0 Å². The highest BCUT2D eigenvalue weighted by Crippen LogP contribution is 2.56. The van der Waals surface area contributed by atoms with Gasteiger partial charge in [-0.05, 0) is 61.7 Å². The number of hydrogen-bond acceptors (Lipinski definition) is 2. The quantitative estimate of drug-likeness (QED) is 0.550. The molecule has 0 saturated heterocycles. The van der Waals surface area contributed by atoms with Gasteiger partial charge >= 0.3 is 0 Å². The molecule has 2 nitrogen and oxygen atoms in total. The molecule has 0 radical (unpaired) electrons. The van der Waals surface area contributed by atoms with Gasteiger partial charge in [0.2, 0.25) is 0 Å². The summed E-state index contributed by atoms with van der Waals surface area (Å²) in [6.45, 7) is 0.822. The summed E-state index contributed by atoms with van der Waals surface area (Å²) in [5, 5.41) is 8.38. The van der Waals surface area contributed by atoms with Gasteiger partial charge in [0.05, 0.1) is 12.7 Å². The second-order valence-electron chi connectivity index (χ2n) is 6.11. The van der Waals surface area contributed by atoms with Crippen molar-refractivity contribution in [2.45, 2.75) is 32.1 Å². The highest BCUT2D eigenvalue weighted by atomic mass is 16.5. The number of ether oxygens (including phenoxy) is 1. The molecule has 2 heteroatoms. The maximum absolute atomic E-state index is 8.38. The minimum Gasteiger partial charge on any atom is -0.362 e. The minimum absolute atomic E-state index is 0.214. The van der Waals surface area contributed by atoms with Crippen molar-refractivity contribution >= 4 is 0 Å². The Morgan fingerprint density at radius 1 is 1.06 bits per heavy atom. The van der Waals surface area contributed by atoms with Gasteiger partial charge in [0.25, 0.3) is 0 Å². The minimum atomic E-state index is 0.214. The highest BCUT2D eigenvalue weighted by Gasteiger charge is 2.46. The van der Waals surface area contributed by atoms with Crippen LogP contribution in [0.15, 0.2) is 12.2 Å². The summed E-state index contributed by atoms with van der Waals surface area (Å²) in [7, 11) is 0. The maximum Gasteiger partial charge on any atom is 0.134 e. The van der Waals surface area contributed by atoms with Crippen molar-refractivity contribution < 1.29 is 4.74 Å². The lowest BCUT2D eigenvalue weighted by Crippen LogP contribution is -2.44. The smallest absolute Gasteiger partial charge is 0.134 e. The molecule has 0 spiro atoms. The summed E-state index contributed by atoms with van der Waals surface area (Å²) in [5.41, 5.74) is 0. The van der Waals surface area contributed by atoms with Crippen molar-refractivity contribution in [3.8, 4) is 6.07 Å². The zero-order valence-electron chi connectivity index (χ0n) is 10.3. The summed E-state index contributed by atoms with van der Waals surface area (Å²) in [4.78, 5) is 0. The van der Waals surface area contributed by atoms with E-state index < -0.39 is 0 Å². The van der Waals surface area contributed by atoms with Gasteiger partial charge in [-0.1, -0.05) is 12.2 Å². The molecule has 0 atom stereocenters. The maximum atomic E-state index is 8.38. The SMILES string of the molecule is N#CCOC/C=C/C1C2CC3CC(C2)CC1C3. The van der Waals surface area contributed by atoms with Crippen LogP contribution in [0.3, 0.4) is 0 Å². The lowest BCUT2D eigenvalue weighted by molar-refractivity contribution is -0.0163. The molecule has 4 aliphatic rings. The number of nitrogens with zero attached hydrogens (tertiary/aromatic N) is 1. The Morgan fingerprint density at radius 2 is 1.71 bits per heavy atom. The molecular weight excluding hydrogens is 210 g/mol. The molecule has 0 aromatic heterocycles. The second kappa shape index (κ2) is 4.82. The van der Waals surface area contributed by atoms with E-state index in [2.05, 4.69) is 12.2 Å². The molecule has 0 amide bonds. The predicted octanol–water partition coefficient (Wildman–Crippen LogP) is 3.16. The van der Waals surface area contributed by atoms with Crippen molar-refractivity contribution in [3.05, 3.63) is 12.2 Å². The van der Waals surface area contributed by atoms with Gasteiger partial charge in [-0.2, -0.15) is 5.26 Å². The van der Waals surface area contributed by atoms with Crippen LogP contribution in [-0.4, -0.2) is 13.2 Å². The lowest BCUT2D eigenvalue weighted by Gasteiger charge is -2.53. The Morgan fingerprint density at radius 3 is 2.29 bits per heavy atom. The third-order valence-corrected chi connectivity index (χ3v) is 5.04. The van der Waals surface area contributed by atoms with E-state index in [9.17, 15) is 0 Å². The standard InChI is InChI=1S/C15H21NO/c16-3-5-17-4-1-2-15-13-7-11-6-12(9-13)10-14(15)8-11/h1-2,11-15H,4-10H2/b2-1+. The average molecular weight is 231 g/mol. The van der Waals surface area contributed by atoms with Crippen LogP contribution in [0.25, 0.3) is 0 Å².